The van der Waals surface area contributed by atoms with Crippen LogP contribution in [0.5, 0.6) is 5.88 Å². The van der Waals surface area contributed by atoms with E-state index in [-0.39, 0.29) is 30.0 Å². The molecule has 2 amide bonds. The molecule has 2 aromatic rings. The number of methoxy groups -OCH3 is 1. The Morgan fingerprint density at radius 3 is 2.81 bits per heavy atom. The third kappa shape index (κ3) is 3.26. The van der Waals surface area contributed by atoms with Crippen LogP contribution in [-0.4, -0.2) is 40.5 Å². The molecule has 0 spiro atoms. The number of fused-ring (bicyclic) bond motifs is 1. The Labute approximate surface area is 151 Å². The van der Waals surface area contributed by atoms with E-state index >= 15 is 0 Å². The molecular formula is C18H22N4O4. The summed E-state index contributed by atoms with van der Waals surface area (Å²) in [4.78, 5) is 30.7. The first-order chi connectivity index (χ1) is 12.4. The smallest absolute Gasteiger partial charge is 0.290 e. The summed E-state index contributed by atoms with van der Waals surface area (Å²) in [5, 5.41) is 6.63. The molecule has 1 aliphatic rings. The van der Waals surface area contributed by atoms with E-state index in [9.17, 15) is 9.59 Å². The van der Waals surface area contributed by atoms with E-state index in [1.54, 1.807) is 17.0 Å². The molecule has 0 saturated heterocycles. The number of pyridine rings is 1. The number of carbonyl (C=O) groups is 2. The highest BCUT2D eigenvalue weighted by Gasteiger charge is 2.29. The number of hydrogen-bond acceptors (Lipinski definition) is 6. The summed E-state index contributed by atoms with van der Waals surface area (Å²) in [6.45, 7) is 7.12. The molecule has 0 saturated carbocycles. The predicted molar refractivity (Wildman–Crippen MR) is 93.0 cm³/mol. The number of aromatic nitrogens is 2. The fourth-order valence-electron chi connectivity index (χ4n) is 2.79. The Balaban J connectivity index is 1.76. The van der Waals surface area contributed by atoms with Gasteiger partial charge in [-0.15, -0.1) is 0 Å². The van der Waals surface area contributed by atoms with Gasteiger partial charge in [0, 0.05) is 24.7 Å². The van der Waals surface area contributed by atoms with Gasteiger partial charge in [0.25, 0.3) is 11.8 Å². The Bertz CT molecular complexity index is 844. The van der Waals surface area contributed by atoms with Crippen LogP contribution in [0.3, 0.4) is 0 Å². The predicted octanol–water partition coefficient (Wildman–Crippen LogP) is 2.11. The van der Waals surface area contributed by atoms with Crippen molar-refractivity contribution < 1.29 is 18.8 Å². The first-order valence-corrected chi connectivity index (χ1v) is 8.55. The maximum Gasteiger partial charge on any atom is 0.290 e. The minimum atomic E-state index is -0.381. The molecule has 0 fully saturated rings. The van der Waals surface area contributed by atoms with Crippen LogP contribution in [0.2, 0.25) is 0 Å². The molecule has 0 bridgehead atoms. The molecular weight excluding hydrogens is 336 g/mol. The molecule has 0 aliphatic carbocycles. The molecule has 1 N–H and O–H groups in total. The van der Waals surface area contributed by atoms with Crippen LogP contribution < -0.4 is 10.1 Å². The third-order valence-corrected chi connectivity index (χ3v) is 4.36. The van der Waals surface area contributed by atoms with Gasteiger partial charge in [-0.25, -0.2) is 4.98 Å². The number of ether oxygens (including phenoxy) is 1. The lowest BCUT2D eigenvalue weighted by atomic mass is 10.1. The summed E-state index contributed by atoms with van der Waals surface area (Å²) in [6, 6.07) is 3.36. The van der Waals surface area contributed by atoms with Crippen molar-refractivity contribution in [2.45, 2.75) is 39.8 Å². The van der Waals surface area contributed by atoms with Gasteiger partial charge in [0.1, 0.15) is 0 Å². The lowest BCUT2D eigenvalue weighted by molar-refractivity contribution is 0.0786. The van der Waals surface area contributed by atoms with Crippen LogP contribution in [-0.2, 0) is 13.1 Å². The van der Waals surface area contributed by atoms with E-state index in [4.69, 9.17) is 9.26 Å². The molecule has 8 heteroatoms. The van der Waals surface area contributed by atoms with Crippen molar-refractivity contribution in [1.82, 2.24) is 20.4 Å². The van der Waals surface area contributed by atoms with Gasteiger partial charge in [-0.1, -0.05) is 19.0 Å². The first-order valence-electron chi connectivity index (χ1n) is 8.55. The second-order valence-corrected chi connectivity index (χ2v) is 6.42. The van der Waals surface area contributed by atoms with E-state index in [0.29, 0.717) is 35.8 Å². The van der Waals surface area contributed by atoms with Gasteiger partial charge in [0.2, 0.25) is 11.6 Å². The average molecular weight is 358 g/mol. The fourth-order valence-corrected chi connectivity index (χ4v) is 2.79. The van der Waals surface area contributed by atoms with Gasteiger partial charge in [-0.3, -0.25) is 9.59 Å². The van der Waals surface area contributed by atoms with Crippen LogP contribution >= 0.6 is 0 Å². The van der Waals surface area contributed by atoms with Crippen molar-refractivity contribution in [3.63, 3.8) is 0 Å². The topological polar surface area (TPSA) is 97.6 Å². The number of hydrogen-bond donors (Lipinski definition) is 1. The van der Waals surface area contributed by atoms with Gasteiger partial charge in [0.15, 0.2) is 0 Å². The van der Waals surface area contributed by atoms with Crippen molar-refractivity contribution in [2.75, 3.05) is 13.7 Å². The van der Waals surface area contributed by atoms with Crippen molar-refractivity contribution in [1.29, 1.82) is 0 Å². The zero-order chi connectivity index (χ0) is 18.8. The minimum Gasteiger partial charge on any atom is -0.481 e. The molecule has 8 nitrogen and oxygen atoms in total. The molecule has 0 aromatic carbocycles. The van der Waals surface area contributed by atoms with Gasteiger partial charge >= 0.3 is 0 Å². The number of nitrogens with zero attached hydrogens (tertiary/aromatic N) is 3. The summed E-state index contributed by atoms with van der Waals surface area (Å²) in [7, 11) is 1.51. The highest BCUT2D eigenvalue weighted by molar-refractivity contribution is 5.98. The largest absolute Gasteiger partial charge is 0.481 e. The third-order valence-electron chi connectivity index (χ3n) is 4.36. The first kappa shape index (κ1) is 17.9. The van der Waals surface area contributed by atoms with E-state index in [0.717, 1.165) is 5.69 Å². The number of rotatable bonds is 6. The van der Waals surface area contributed by atoms with Gasteiger partial charge in [-0.05, 0) is 18.9 Å². The summed E-state index contributed by atoms with van der Waals surface area (Å²) in [5.74, 6) is 0.287. The highest BCUT2D eigenvalue weighted by atomic mass is 16.5. The van der Waals surface area contributed by atoms with Gasteiger partial charge in [-0.2, -0.15) is 0 Å². The monoisotopic (exact) mass is 358 g/mol. The van der Waals surface area contributed by atoms with Gasteiger partial charge in [0.05, 0.1) is 30.6 Å². The normalized spacial score (nSPS) is 13.3. The van der Waals surface area contributed by atoms with Crippen LogP contribution in [0.4, 0.5) is 0 Å². The molecule has 2 aromatic heterocycles. The van der Waals surface area contributed by atoms with Crippen LogP contribution in [0, 0.1) is 0 Å². The summed E-state index contributed by atoms with van der Waals surface area (Å²) >= 11 is 0. The van der Waals surface area contributed by atoms with Crippen molar-refractivity contribution in [3.8, 4) is 5.88 Å². The second-order valence-electron chi connectivity index (χ2n) is 6.42. The van der Waals surface area contributed by atoms with Gasteiger partial charge < -0.3 is 19.5 Å². The summed E-state index contributed by atoms with van der Waals surface area (Å²) < 4.78 is 10.4. The molecule has 3 heterocycles. The molecule has 26 heavy (non-hydrogen) atoms. The van der Waals surface area contributed by atoms with Crippen LogP contribution in [0.25, 0.3) is 0 Å². The van der Waals surface area contributed by atoms with Crippen LogP contribution in [0.15, 0.2) is 16.7 Å². The molecule has 138 valence electrons. The van der Waals surface area contributed by atoms with Crippen molar-refractivity contribution >= 4 is 11.8 Å². The number of nitrogens with one attached hydrogen (secondary N) is 1. The standard InChI is InChI=1S/C18H22N4O4/c1-5-22-9-14-12(18(22)24)6-11(17(20-14)25-4)8-19-16(23)15-7-13(10(2)3)21-26-15/h6-7,10H,5,8-9H2,1-4H3,(H,19,23). The van der Waals surface area contributed by atoms with Crippen molar-refractivity contribution in [2.24, 2.45) is 0 Å². The minimum absolute atomic E-state index is 0.0537. The number of carbonyl (C=O) groups excluding carboxylic acids is 2. The second kappa shape index (κ2) is 7.15. The molecule has 3 rings (SSSR count). The summed E-state index contributed by atoms with van der Waals surface area (Å²) in [5.41, 5.74) is 2.60. The average Bonchev–Trinajstić information content (AvgIpc) is 3.24. The lowest BCUT2D eigenvalue weighted by Gasteiger charge is -2.10. The quantitative estimate of drug-likeness (QED) is 0.849. The zero-order valence-electron chi connectivity index (χ0n) is 15.3. The Morgan fingerprint density at radius 1 is 1.42 bits per heavy atom. The molecule has 0 radical (unpaired) electrons. The summed E-state index contributed by atoms with van der Waals surface area (Å²) in [6.07, 6.45) is 0. The lowest BCUT2D eigenvalue weighted by Crippen LogP contribution is -2.24. The highest BCUT2D eigenvalue weighted by Crippen LogP contribution is 2.27. The van der Waals surface area contributed by atoms with E-state index < -0.39 is 0 Å². The van der Waals surface area contributed by atoms with E-state index in [1.807, 2.05) is 20.8 Å². The Hall–Kier alpha value is -2.90. The molecule has 0 atom stereocenters. The van der Waals surface area contributed by atoms with E-state index in [1.165, 1.54) is 7.11 Å². The van der Waals surface area contributed by atoms with Crippen LogP contribution in [0.1, 0.15) is 64.6 Å². The number of amides is 2. The SMILES string of the molecule is CCN1Cc2nc(OC)c(CNC(=O)c3cc(C(C)C)no3)cc2C1=O. The Morgan fingerprint density at radius 2 is 2.19 bits per heavy atom. The maximum atomic E-state index is 12.3. The maximum absolute atomic E-state index is 12.3. The molecule has 0 unspecified atom stereocenters. The fraction of sp³-hybridized carbons (Fsp3) is 0.444. The molecule has 1 aliphatic heterocycles. The van der Waals surface area contributed by atoms with E-state index in [2.05, 4.69) is 15.5 Å². The van der Waals surface area contributed by atoms with Crippen molar-refractivity contribution in [3.05, 3.63) is 40.4 Å². The zero-order valence-corrected chi connectivity index (χ0v) is 15.3. The Kier molecular flexibility index (Phi) is 4.92.